The van der Waals surface area contributed by atoms with Crippen LogP contribution in [0.4, 0.5) is 11.5 Å². The number of rotatable bonds is 2. The van der Waals surface area contributed by atoms with E-state index in [4.69, 9.17) is 11.6 Å². The van der Waals surface area contributed by atoms with E-state index in [1.165, 1.54) is 6.92 Å². The van der Waals surface area contributed by atoms with E-state index >= 15 is 0 Å². The Hall–Kier alpha value is -1.33. The van der Waals surface area contributed by atoms with Crippen molar-refractivity contribution in [3.8, 4) is 0 Å². The van der Waals surface area contributed by atoms with Crippen molar-refractivity contribution in [3.63, 3.8) is 0 Å². The van der Waals surface area contributed by atoms with E-state index in [2.05, 4.69) is 27.1 Å². The summed E-state index contributed by atoms with van der Waals surface area (Å²) in [5.41, 5.74) is 0.630. The summed E-state index contributed by atoms with van der Waals surface area (Å²) in [4.78, 5) is 19.7. The van der Waals surface area contributed by atoms with E-state index in [9.17, 15) is 4.79 Å². The highest BCUT2D eigenvalue weighted by Crippen LogP contribution is 2.26. The molecule has 1 amide bonds. The third-order valence-corrected chi connectivity index (χ3v) is 3.22. The molecule has 1 saturated heterocycles. The second kappa shape index (κ2) is 5.54. The molecule has 0 spiro atoms. The van der Waals surface area contributed by atoms with E-state index < -0.39 is 0 Å². The van der Waals surface area contributed by atoms with Crippen molar-refractivity contribution in [2.45, 2.75) is 6.92 Å². The molecule has 2 rings (SSSR count). The number of halogens is 1. The van der Waals surface area contributed by atoms with Gasteiger partial charge in [-0.1, -0.05) is 11.6 Å². The van der Waals surface area contributed by atoms with E-state index in [1.54, 1.807) is 12.3 Å². The van der Waals surface area contributed by atoms with Crippen LogP contribution in [-0.2, 0) is 4.79 Å². The first-order chi connectivity index (χ1) is 8.56. The fourth-order valence-electron chi connectivity index (χ4n) is 1.95. The highest BCUT2D eigenvalue weighted by atomic mass is 35.5. The molecule has 1 aromatic heterocycles. The summed E-state index contributed by atoms with van der Waals surface area (Å²) in [5.74, 6) is 0.666. The lowest BCUT2D eigenvalue weighted by molar-refractivity contribution is -0.114. The van der Waals surface area contributed by atoms with E-state index in [0.717, 1.165) is 32.0 Å². The Kier molecular flexibility index (Phi) is 4.04. The highest BCUT2D eigenvalue weighted by Gasteiger charge is 2.17. The average Bonchev–Trinajstić information content (AvgIpc) is 2.30. The first kappa shape index (κ1) is 13.1. The summed E-state index contributed by atoms with van der Waals surface area (Å²) in [5, 5.41) is 3.25. The van der Waals surface area contributed by atoms with Gasteiger partial charge in [-0.15, -0.1) is 0 Å². The van der Waals surface area contributed by atoms with Crippen LogP contribution in [-0.4, -0.2) is 49.0 Å². The summed E-state index contributed by atoms with van der Waals surface area (Å²) in [6.07, 6.45) is 1.64. The second-order valence-electron chi connectivity index (χ2n) is 4.50. The molecule has 0 saturated carbocycles. The molecule has 1 N–H and O–H groups in total. The maximum absolute atomic E-state index is 10.9. The summed E-state index contributed by atoms with van der Waals surface area (Å²) in [7, 11) is 2.10. The van der Waals surface area contributed by atoms with Crippen molar-refractivity contribution < 1.29 is 4.79 Å². The number of likely N-dealkylation sites (N-methyl/N-ethyl adjacent to an activating group) is 1. The van der Waals surface area contributed by atoms with Gasteiger partial charge in [-0.2, -0.15) is 0 Å². The predicted octanol–water partition coefficient (Wildman–Crippen LogP) is 1.45. The molecule has 6 heteroatoms. The smallest absolute Gasteiger partial charge is 0.221 e. The molecule has 5 nitrogen and oxygen atoms in total. The number of hydrogen-bond donors (Lipinski definition) is 1. The summed E-state index contributed by atoms with van der Waals surface area (Å²) in [6.45, 7) is 5.31. The van der Waals surface area contributed by atoms with Crippen molar-refractivity contribution in [1.82, 2.24) is 9.88 Å². The first-order valence-corrected chi connectivity index (χ1v) is 6.30. The molecule has 1 aromatic rings. The first-order valence-electron chi connectivity index (χ1n) is 5.93. The maximum atomic E-state index is 10.9. The zero-order chi connectivity index (χ0) is 13.1. The normalized spacial score (nSPS) is 16.7. The minimum atomic E-state index is -0.125. The third-order valence-electron chi connectivity index (χ3n) is 2.94. The Bertz CT molecular complexity index is 444. The standard InChI is InChI=1S/C12H17ClN4O/c1-9(18)15-10-7-11(13)12(14-8-10)17-5-3-16(2)4-6-17/h7-8H,3-6H2,1-2H3,(H,15,18). The monoisotopic (exact) mass is 268 g/mol. The van der Waals surface area contributed by atoms with Gasteiger partial charge in [0.15, 0.2) is 0 Å². The van der Waals surface area contributed by atoms with Crippen molar-refractivity contribution >= 4 is 29.0 Å². The number of carbonyl (C=O) groups is 1. The molecule has 98 valence electrons. The van der Waals surface area contributed by atoms with Gasteiger partial charge in [-0.25, -0.2) is 4.98 Å². The van der Waals surface area contributed by atoms with Crippen molar-refractivity contribution in [2.24, 2.45) is 0 Å². The van der Waals surface area contributed by atoms with Crippen molar-refractivity contribution in [1.29, 1.82) is 0 Å². The molecule has 0 bridgehead atoms. The summed E-state index contributed by atoms with van der Waals surface area (Å²) >= 11 is 6.21. The Morgan fingerprint density at radius 1 is 1.39 bits per heavy atom. The van der Waals surface area contributed by atoms with Crippen molar-refractivity contribution in [2.75, 3.05) is 43.4 Å². The number of anilines is 2. The van der Waals surface area contributed by atoms with Gasteiger partial charge in [-0.05, 0) is 13.1 Å². The molecular formula is C12H17ClN4O. The SMILES string of the molecule is CC(=O)Nc1cnc(N2CCN(C)CC2)c(Cl)c1. The highest BCUT2D eigenvalue weighted by molar-refractivity contribution is 6.33. The lowest BCUT2D eigenvalue weighted by atomic mass is 10.3. The molecule has 0 aliphatic carbocycles. The van der Waals surface area contributed by atoms with Crippen LogP contribution >= 0.6 is 11.6 Å². The molecule has 2 heterocycles. The quantitative estimate of drug-likeness (QED) is 0.882. The summed E-state index contributed by atoms with van der Waals surface area (Å²) < 4.78 is 0. The Morgan fingerprint density at radius 3 is 2.61 bits per heavy atom. The number of pyridine rings is 1. The number of nitrogens with one attached hydrogen (secondary N) is 1. The molecule has 1 fully saturated rings. The van der Waals surface area contributed by atoms with Gasteiger partial charge < -0.3 is 15.1 Å². The lowest BCUT2D eigenvalue weighted by Gasteiger charge is -2.33. The predicted molar refractivity (Wildman–Crippen MR) is 73.3 cm³/mol. The van der Waals surface area contributed by atoms with Crippen LogP contribution in [0.1, 0.15) is 6.92 Å². The van der Waals surface area contributed by atoms with Crippen LogP contribution in [0.5, 0.6) is 0 Å². The van der Waals surface area contributed by atoms with Crippen LogP contribution in [0.25, 0.3) is 0 Å². The minimum absolute atomic E-state index is 0.125. The molecule has 0 atom stereocenters. The van der Waals surface area contributed by atoms with Gasteiger partial charge >= 0.3 is 0 Å². The van der Waals surface area contributed by atoms with E-state index in [0.29, 0.717) is 10.7 Å². The lowest BCUT2D eigenvalue weighted by Crippen LogP contribution is -2.44. The van der Waals surface area contributed by atoms with Crippen LogP contribution < -0.4 is 10.2 Å². The van der Waals surface area contributed by atoms with Crippen LogP contribution in [0.2, 0.25) is 5.02 Å². The fourth-order valence-corrected chi connectivity index (χ4v) is 2.24. The van der Waals surface area contributed by atoms with Crippen LogP contribution in [0, 0.1) is 0 Å². The number of hydrogen-bond acceptors (Lipinski definition) is 4. The van der Waals surface area contributed by atoms with Crippen molar-refractivity contribution in [3.05, 3.63) is 17.3 Å². The van der Waals surface area contributed by atoms with Gasteiger partial charge in [0, 0.05) is 33.1 Å². The number of carbonyl (C=O) groups excluding carboxylic acids is 1. The largest absolute Gasteiger partial charge is 0.353 e. The fraction of sp³-hybridized carbons (Fsp3) is 0.500. The van der Waals surface area contributed by atoms with Gasteiger partial charge in [0.05, 0.1) is 16.9 Å². The number of amides is 1. The van der Waals surface area contributed by atoms with Gasteiger partial charge in [-0.3, -0.25) is 4.79 Å². The molecule has 0 unspecified atom stereocenters. The topological polar surface area (TPSA) is 48.5 Å². The van der Waals surface area contributed by atoms with Gasteiger partial charge in [0.25, 0.3) is 0 Å². The number of piperazine rings is 1. The van der Waals surface area contributed by atoms with Gasteiger partial charge in [0.1, 0.15) is 5.82 Å². The number of aromatic nitrogens is 1. The summed E-state index contributed by atoms with van der Waals surface area (Å²) in [6, 6.07) is 1.74. The Balaban J connectivity index is 2.12. The number of nitrogens with zero attached hydrogens (tertiary/aromatic N) is 3. The maximum Gasteiger partial charge on any atom is 0.221 e. The van der Waals surface area contributed by atoms with E-state index in [1.807, 2.05) is 0 Å². The van der Waals surface area contributed by atoms with Crippen LogP contribution in [0.15, 0.2) is 12.3 Å². The zero-order valence-corrected chi connectivity index (χ0v) is 11.4. The molecule has 18 heavy (non-hydrogen) atoms. The van der Waals surface area contributed by atoms with Crippen LogP contribution in [0.3, 0.4) is 0 Å². The molecule has 1 aliphatic heterocycles. The molecule has 0 radical (unpaired) electrons. The average molecular weight is 269 g/mol. The Labute approximate surface area is 112 Å². The minimum Gasteiger partial charge on any atom is -0.353 e. The zero-order valence-electron chi connectivity index (χ0n) is 10.6. The second-order valence-corrected chi connectivity index (χ2v) is 4.91. The van der Waals surface area contributed by atoms with Gasteiger partial charge in [0.2, 0.25) is 5.91 Å². The third kappa shape index (κ3) is 3.11. The molecule has 0 aromatic carbocycles. The molecular weight excluding hydrogens is 252 g/mol. The van der Waals surface area contributed by atoms with E-state index in [-0.39, 0.29) is 5.91 Å². The molecule has 1 aliphatic rings. The Morgan fingerprint density at radius 2 is 2.06 bits per heavy atom.